The summed E-state index contributed by atoms with van der Waals surface area (Å²) in [5, 5.41) is 0. The second-order valence-electron chi connectivity index (χ2n) is 1.80. The molecule has 0 bridgehead atoms. The molecule has 0 fully saturated rings. The number of rotatable bonds is 1. The van der Waals surface area contributed by atoms with Gasteiger partial charge in [-0.2, -0.15) is 0 Å². The first kappa shape index (κ1) is 5.31. The van der Waals surface area contributed by atoms with Crippen LogP contribution in [0, 0.1) is 0 Å². The van der Waals surface area contributed by atoms with Crippen LogP contribution in [0.2, 0.25) is 0 Å². The zero-order valence-electron chi connectivity index (χ0n) is 4.76. The second kappa shape index (κ2) is 1.96. The first-order valence-electron chi connectivity index (χ1n) is 2.54. The highest BCUT2D eigenvalue weighted by Gasteiger charge is 1.96. The average Bonchev–Trinajstić information content (AvgIpc) is 2.12. The Hall–Kier alpha value is -0.830. The summed E-state index contributed by atoms with van der Waals surface area (Å²) in [4.78, 5) is 6.71. The van der Waals surface area contributed by atoms with Gasteiger partial charge in [0.2, 0.25) is 0 Å². The van der Waals surface area contributed by atoms with Gasteiger partial charge in [-0.3, -0.25) is 0 Å². The van der Waals surface area contributed by atoms with Crippen LogP contribution in [-0.2, 0) is 0 Å². The maximum Gasteiger partial charge on any atom is 0.0922 e. The minimum atomic E-state index is 0.0671. The minimum absolute atomic E-state index is 0.0671. The van der Waals surface area contributed by atoms with E-state index in [1.165, 1.54) is 0 Å². The topological polar surface area (TPSA) is 54.7 Å². The molecule has 1 aromatic heterocycles. The van der Waals surface area contributed by atoms with Crippen molar-refractivity contribution >= 4 is 0 Å². The van der Waals surface area contributed by atoms with Gasteiger partial charge in [-0.1, -0.05) is 0 Å². The van der Waals surface area contributed by atoms with E-state index < -0.39 is 0 Å². The fourth-order valence-corrected chi connectivity index (χ4v) is 0.516. The van der Waals surface area contributed by atoms with E-state index in [1.54, 1.807) is 12.5 Å². The molecule has 3 N–H and O–H groups in total. The van der Waals surface area contributed by atoms with Crippen LogP contribution in [0.25, 0.3) is 0 Å². The van der Waals surface area contributed by atoms with Gasteiger partial charge in [-0.15, -0.1) is 0 Å². The van der Waals surface area contributed by atoms with Gasteiger partial charge in [0.05, 0.1) is 12.0 Å². The Kier molecular flexibility index (Phi) is 1.30. The Labute approximate surface area is 47.9 Å². The number of aromatic nitrogens is 2. The van der Waals surface area contributed by atoms with E-state index in [0.717, 1.165) is 5.69 Å². The summed E-state index contributed by atoms with van der Waals surface area (Å²) >= 11 is 0. The summed E-state index contributed by atoms with van der Waals surface area (Å²) < 4.78 is 0. The number of nitrogens with two attached hydrogens (primary N) is 1. The summed E-state index contributed by atoms with van der Waals surface area (Å²) in [5.41, 5.74) is 6.46. The highest BCUT2D eigenvalue weighted by Crippen LogP contribution is 2.00. The van der Waals surface area contributed by atoms with Gasteiger partial charge >= 0.3 is 0 Å². The Morgan fingerprint density at radius 1 is 1.88 bits per heavy atom. The zero-order valence-corrected chi connectivity index (χ0v) is 4.76. The standard InChI is InChI=1S/C5H9N3/c1-4(6)5-2-7-3-8-5/h2-4H,6H2,1H3,(H,7,8)/t4-/m1/s1. The molecule has 0 aliphatic carbocycles. The van der Waals surface area contributed by atoms with Crippen LogP contribution in [0.5, 0.6) is 0 Å². The third kappa shape index (κ3) is 0.869. The Balaban J connectivity index is 2.77. The molecule has 0 spiro atoms. The van der Waals surface area contributed by atoms with E-state index in [4.69, 9.17) is 5.73 Å². The van der Waals surface area contributed by atoms with Gasteiger partial charge in [0.1, 0.15) is 0 Å². The van der Waals surface area contributed by atoms with Crippen LogP contribution in [0.4, 0.5) is 0 Å². The van der Waals surface area contributed by atoms with Crippen LogP contribution in [0.15, 0.2) is 12.5 Å². The molecule has 0 unspecified atom stereocenters. The third-order valence-electron chi connectivity index (χ3n) is 1.01. The van der Waals surface area contributed by atoms with E-state index in [2.05, 4.69) is 9.97 Å². The molecule has 1 aromatic rings. The molecule has 0 radical (unpaired) electrons. The Morgan fingerprint density at radius 2 is 2.62 bits per heavy atom. The molecular weight excluding hydrogens is 102 g/mol. The van der Waals surface area contributed by atoms with Crippen molar-refractivity contribution in [3.05, 3.63) is 18.2 Å². The van der Waals surface area contributed by atoms with E-state index >= 15 is 0 Å². The lowest BCUT2D eigenvalue weighted by molar-refractivity contribution is 0.789. The molecule has 3 heteroatoms. The van der Waals surface area contributed by atoms with Crippen molar-refractivity contribution in [2.45, 2.75) is 13.0 Å². The maximum absolute atomic E-state index is 5.49. The lowest BCUT2D eigenvalue weighted by Gasteiger charge is -1.96. The summed E-state index contributed by atoms with van der Waals surface area (Å²) in [6.07, 6.45) is 3.35. The second-order valence-corrected chi connectivity index (χ2v) is 1.80. The maximum atomic E-state index is 5.49. The summed E-state index contributed by atoms with van der Waals surface area (Å²) in [7, 11) is 0. The van der Waals surface area contributed by atoms with Gasteiger partial charge < -0.3 is 10.7 Å². The van der Waals surface area contributed by atoms with Crippen LogP contribution in [-0.4, -0.2) is 9.97 Å². The van der Waals surface area contributed by atoms with Crippen molar-refractivity contribution in [2.75, 3.05) is 0 Å². The molecular formula is C5H9N3. The van der Waals surface area contributed by atoms with Gasteiger partial charge in [-0.05, 0) is 6.92 Å². The predicted octanol–water partition coefficient (Wildman–Crippen LogP) is 0.429. The van der Waals surface area contributed by atoms with E-state index in [0.29, 0.717) is 0 Å². The first-order valence-corrected chi connectivity index (χ1v) is 2.54. The fraction of sp³-hybridized carbons (Fsp3) is 0.400. The molecule has 1 rings (SSSR count). The normalized spacial score (nSPS) is 13.8. The largest absolute Gasteiger partial charge is 0.347 e. The molecule has 1 atom stereocenters. The summed E-state index contributed by atoms with van der Waals surface area (Å²) in [6, 6.07) is 0.0671. The number of H-pyrrole nitrogens is 1. The predicted molar refractivity (Wildman–Crippen MR) is 31.2 cm³/mol. The molecule has 0 amide bonds. The van der Waals surface area contributed by atoms with Gasteiger partial charge in [0, 0.05) is 12.2 Å². The number of hydrogen-bond donors (Lipinski definition) is 2. The monoisotopic (exact) mass is 111 g/mol. The lowest BCUT2D eigenvalue weighted by atomic mass is 10.3. The molecule has 3 nitrogen and oxygen atoms in total. The highest BCUT2D eigenvalue weighted by molar-refractivity contribution is 4.98. The first-order chi connectivity index (χ1) is 3.80. The molecule has 1 heterocycles. The Bertz CT molecular complexity index is 143. The quantitative estimate of drug-likeness (QED) is 0.552. The smallest absolute Gasteiger partial charge is 0.0922 e. The lowest BCUT2D eigenvalue weighted by Crippen LogP contribution is -2.04. The van der Waals surface area contributed by atoms with Crippen molar-refractivity contribution in [2.24, 2.45) is 5.73 Å². The SMILES string of the molecule is C[C@@H](N)c1cnc[nH]1. The van der Waals surface area contributed by atoms with Crippen LogP contribution in [0.1, 0.15) is 18.7 Å². The van der Waals surface area contributed by atoms with E-state index in [9.17, 15) is 0 Å². The molecule has 0 saturated carbocycles. The Morgan fingerprint density at radius 3 is 2.88 bits per heavy atom. The molecule has 0 aliphatic rings. The molecule has 0 saturated heterocycles. The number of imidazole rings is 1. The van der Waals surface area contributed by atoms with Crippen LogP contribution < -0.4 is 5.73 Å². The number of aromatic amines is 1. The average molecular weight is 111 g/mol. The van der Waals surface area contributed by atoms with Gasteiger partial charge in [0.25, 0.3) is 0 Å². The van der Waals surface area contributed by atoms with Gasteiger partial charge in [0.15, 0.2) is 0 Å². The van der Waals surface area contributed by atoms with Crippen molar-refractivity contribution < 1.29 is 0 Å². The van der Waals surface area contributed by atoms with Crippen molar-refractivity contribution in [3.63, 3.8) is 0 Å². The van der Waals surface area contributed by atoms with Crippen molar-refractivity contribution in [3.8, 4) is 0 Å². The molecule has 8 heavy (non-hydrogen) atoms. The highest BCUT2D eigenvalue weighted by atomic mass is 14.9. The van der Waals surface area contributed by atoms with Crippen LogP contribution in [0.3, 0.4) is 0 Å². The summed E-state index contributed by atoms with van der Waals surface area (Å²) in [5.74, 6) is 0. The van der Waals surface area contributed by atoms with Crippen molar-refractivity contribution in [1.29, 1.82) is 0 Å². The van der Waals surface area contributed by atoms with Crippen LogP contribution >= 0.6 is 0 Å². The number of nitrogens with one attached hydrogen (secondary N) is 1. The summed E-state index contributed by atoms with van der Waals surface area (Å²) in [6.45, 7) is 1.91. The number of nitrogens with zero attached hydrogens (tertiary/aromatic N) is 1. The zero-order chi connectivity index (χ0) is 5.98. The van der Waals surface area contributed by atoms with Crippen molar-refractivity contribution in [1.82, 2.24) is 9.97 Å². The van der Waals surface area contributed by atoms with Gasteiger partial charge in [-0.25, -0.2) is 4.98 Å². The van der Waals surface area contributed by atoms with E-state index in [1.807, 2.05) is 6.92 Å². The molecule has 0 aromatic carbocycles. The number of hydrogen-bond acceptors (Lipinski definition) is 2. The minimum Gasteiger partial charge on any atom is -0.347 e. The fourth-order valence-electron chi connectivity index (χ4n) is 0.516. The molecule has 44 valence electrons. The van der Waals surface area contributed by atoms with E-state index in [-0.39, 0.29) is 6.04 Å². The third-order valence-corrected chi connectivity index (χ3v) is 1.01. The molecule has 0 aliphatic heterocycles.